The number of nitro groups is 2. The molecule has 0 bridgehead atoms. The summed E-state index contributed by atoms with van der Waals surface area (Å²) in [6.07, 6.45) is 3.98. The molecule has 0 amide bonds. The molecule has 0 heterocycles. The van der Waals surface area contributed by atoms with E-state index in [1.165, 1.54) is 17.7 Å². The second kappa shape index (κ2) is 8.34. The van der Waals surface area contributed by atoms with Gasteiger partial charge in [-0.25, -0.2) is 0 Å². The van der Waals surface area contributed by atoms with Crippen LogP contribution in [0, 0.1) is 20.2 Å². The van der Waals surface area contributed by atoms with Crippen molar-refractivity contribution in [3.8, 4) is 0 Å². The summed E-state index contributed by atoms with van der Waals surface area (Å²) in [5, 5.41) is 35.3. The average molecular weight is 348 g/mol. The van der Waals surface area contributed by atoms with Crippen molar-refractivity contribution in [2.24, 2.45) is 5.10 Å². The van der Waals surface area contributed by atoms with Gasteiger partial charge in [-0.1, -0.05) is 5.57 Å². The number of anilines is 1. The molecule has 0 radical (unpaired) electrons. The molecule has 9 nitrogen and oxygen atoms in total. The van der Waals surface area contributed by atoms with Gasteiger partial charge in [0.1, 0.15) is 5.69 Å². The van der Waals surface area contributed by atoms with Crippen LogP contribution in [0.2, 0.25) is 0 Å². The average Bonchev–Trinajstić information content (AvgIpc) is 2.58. The second-order valence-electron chi connectivity index (χ2n) is 5.83. The van der Waals surface area contributed by atoms with Crippen LogP contribution in [0.5, 0.6) is 0 Å². The standard InChI is InChI=1S/C16H20N4O5/c1-11-4-2-6-14(13(11)5-3-9-21)17-18-15-8-7-12(19(22)23)10-16(15)20(24)25/h7-8,10,18,21H,2-6,9H2,1H3. The first-order valence-corrected chi connectivity index (χ1v) is 7.99. The highest BCUT2D eigenvalue weighted by molar-refractivity contribution is 6.01. The number of allylic oxidation sites excluding steroid dienone is 2. The van der Waals surface area contributed by atoms with E-state index in [4.69, 9.17) is 5.11 Å². The van der Waals surface area contributed by atoms with Gasteiger partial charge in [0.25, 0.3) is 5.69 Å². The number of aliphatic hydroxyl groups is 1. The van der Waals surface area contributed by atoms with Crippen molar-refractivity contribution in [3.63, 3.8) is 0 Å². The van der Waals surface area contributed by atoms with Gasteiger partial charge in [0.2, 0.25) is 0 Å². The molecule has 1 aromatic carbocycles. The summed E-state index contributed by atoms with van der Waals surface area (Å²) in [5.41, 5.74) is 5.13. The first kappa shape index (κ1) is 18.5. The highest BCUT2D eigenvalue weighted by Gasteiger charge is 2.20. The van der Waals surface area contributed by atoms with Gasteiger partial charge < -0.3 is 5.11 Å². The van der Waals surface area contributed by atoms with Crippen LogP contribution in [0.25, 0.3) is 0 Å². The van der Waals surface area contributed by atoms with Crippen molar-refractivity contribution in [3.05, 3.63) is 49.6 Å². The Morgan fingerprint density at radius 2 is 2.00 bits per heavy atom. The van der Waals surface area contributed by atoms with E-state index >= 15 is 0 Å². The van der Waals surface area contributed by atoms with Crippen LogP contribution >= 0.6 is 0 Å². The first-order valence-electron chi connectivity index (χ1n) is 7.99. The molecule has 9 heteroatoms. The normalized spacial score (nSPS) is 16.2. The molecule has 0 fully saturated rings. The van der Waals surface area contributed by atoms with Crippen molar-refractivity contribution >= 4 is 22.8 Å². The third-order valence-corrected chi connectivity index (χ3v) is 4.11. The molecule has 2 rings (SSSR count). The maximum Gasteiger partial charge on any atom is 0.301 e. The highest BCUT2D eigenvalue weighted by atomic mass is 16.6. The van der Waals surface area contributed by atoms with Gasteiger partial charge in [-0.05, 0) is 50.7 Å². The summed E-state index contributed by atoms with van der Waals surface area (Å²) in [4.78, 5) is 20.6. The van der Waals surface area contributed by atoms with Crippen molar-refractivity contribution < 1.29 is 15.0 Å². The first-order chi connectivity index (χ1) is 11.9. The molecule has 2 N–H and O–H groups in total. The molecular weight excluding hydrogens is 328 g/mol. The van der Waals surface area contributed by atoms with E-state index in [-0.39, 0.29) is 18.0 Å². The monoisotopic (exact) mass is 348 g/mol. The third kappa shape index (κ3) is 4.60. The van der Waals surface area contributed by atoms with Gasteiger partial charge in [0.15, 0.2) is 0 Å². The highest BCUT2D eigenvalue weighted by Crippen LogP contribution is 2.30. The minimum Gasteiger partial charge on any atom is -0.396 e. The Balaban J connectivity index is 2.29. The van der Waals surface area contributed by atoms with Crippen LogP contribution in [0.4, 0.5) is 17.1 Å². The Morgan fingerprint density at radius 3 is 2.64 bits per heavy atom. The molecule has 0 atom stereocenters. The second-order valence-corrected chi connectivity index (χ2v) is 5.83. The minimum atomic E-state index is -0.678. The zero-order chi connectivity index (χ0) is 18.4. The van der Waals surface area contributed by atoms with Crippen LogP contribution in [0.3, 0.4) is 0 Å². The fourth-order valence-electron chi connectivity index (χ4n) is 2.81. The fraction of sp³-hybridized carbons (Fsp3) is 0.438. The molecule has 0 saturated heterocycles. The van der Waals surface area contributed by atoms with Crippen molar-refractivity contribution in [2.75, 3.05) is 12.0 Å². The van der Waals surface area contributed by atoms with Gasteiger partial charge in [0.05, 0.1) is 21.6 Å². The number of hydrogen-bond acceptors (Lipinski definition) is 7. The van der Waals surface area contributed by atoms with E-state index in [0.717, 1.165) is 36.6 Å². The predicted octanol–water partition coefficient (Wildman–Crippen LogP) is 3.54. The van der Waals surface area contributed by atoms with Crippen molar-refractivity contribution in [2.45, 2.75) is 39.0 Å². The fourth-order valence-corrected chi connectivity index (χ4v) is 2.81. The van der Waals surface area contributed by atoms with Crippen LogP contribution in [-0.4, -0.2) is 27.3 Å². The number of nitrogens with one attached hydrogen (secondary N) is 1. The molecule has 0 aliphatic heterocycles. The molecule has 25 heavy (non-hydrogen) atoms. The lowest BCUT2D eigenvalue weighted by molar-refractivity contribution is -0.393. The summed E-state index contributed by atoms with van der Waals surface area (Å²) in [7, 11) is 0. The van der Waals surface area contributed by atoms with E-state index in [2.05, 4.69) is 10.5 Å². The molecule has 0 unspecified atom stereocenters. The van der Waals surface area contributed by atoms with Crippen molar-refractivity contribution in [1.29, 1.82) is 0 Å². The maximum atomic E-state index is 11.2. The molecule has 0 spiro atoms. The minimum absolute atomic E-state index is 0.0886. The Kier molecular flexibility index (Phi) is 6.18. The largest absolute Gasteiger partial charge is 0.396 e. The number of nitro benzene ring substituents is 2. The molecule has 1 aliphatic carbocycles. The van der Waals surface area contributed by atoms with Gasteiger partial charge in [-0.15, -0.1) is 0 Å². The van der Waals surface area contributed by atoms with Crippen molar-refractivity contribution in [1.82, 2.24) is 0 Å². The predicted molar refractivity (Wildman–Crippen MR) is 93.7 cm³/mol. The van der Waals surface area contributed by atoms with Crippen LogP contribution < -0.4 is 5.43 Å². The smallest absolute Gasteiger partial charge is 0.301 e. The zero-order valence-corrected chi connectivity index (χ0v) is 13.9. The Bertz CT molecular complexity index is 742. The number of non-ortho nitro benzene ring substituents is 1. The Hall–Kier alpha value is -2.81. The van der Waals surface area contributed by atoms with Crippen LogP contribution in [0.15, 0.2) is 34.4 Å². The summed E-state index contributed by atoms with van der Waals surface area (Å²) in [6.45, 7) is 2.11. The molecule has 0 aromatic heterocycles. The van der Waals surface area contributed by atoms with E-state index in [1.807, 2.05) is 6.92 Å². The quantitative estimate of drug-likeness (QED) is 0.572. The van der Waals surface area contributed by atoms with Crippen LogP contribution in [-0.2, 0) is 0 Å². The summed E-state index contributed by atoms with van der Waals surface area (Å²) in [6, 6.07) is 3.40. The number of rotatable bonds is 7. The number of hydrazone groups is 1. The summed E-state index contributed by atoms with van der Waals surface area (Å²) < 4.78 is 0. The van der Waals surface area contributed by atoms with Gasteiger partial charge in [-0.3, -0.25) is 25.7 Å². The summed E-state index contributed by atoms with van der Waals surface area (Å²) in [5.74, 6) is 0. The number of benzene rings is 1. The lowest BCUT2D eigenvalue weighted by atomic mass is 9.88. The van der Waals surface area contributed by atoms with E-state index in [9.17, 15) is 20.2 Å². The zero-order valence-electron chi connectivity index (χ0n) is 13.9. The number of hydrogen-bond donors (Lipinski definition) is 2. The van der Waals surface area contributed by atoms with Gasteiger partial charge in [0, 0.05) is 12.7 Å². The van der Waals surface area contributed by atoms with E-state index in [1.54, 1.807) is 0 Å². The third-order valence-electron chi connectivity index (χ3n) is 4.11. The van der Waals surface area contributed by atoms with E-state index < -0.39 is 15.5 Å². The lowest BCUT2D eigenvalue weighted by Crippen LogP contribution is -2.13. The Morgan fingerprint density at radius 1 is 1.24 bits per heavy atom. The maximum absolute atomic E-state index is 11.2. The topological polar surface area (TPSA) is 131 Å². The van der Waals surface area contributed by atoms with Gasteiger partial charge >= 0.3 is 5.69 Å². The molecule has 1 aromatic rings. The Labute approximate surface area is 144 Å². The van der Waals surface area contributed by atoms with Gasteiger partial charge in [-0.2, -0.15) is 5.10 Å². The molecule has 0 saturated carbocycles. The number of aliphatic hydroxyl groups excluding tert-OH is 1. The van der Waals surface area contributed by atoms with Crippen LogP contribution in [0.1, 0.15) is 39.0 Å². The summed E-state index contributed by atoms with van der Waals surface area (Å²) >= 11 is 0. The molecular formula is C16H20N4O5. The SMILES string of the molecule is CC1=C(CCCO)C(=NNc2ccc([N+](=O)[O-])cc2[N+](=O)[O-])CCC1. The number of nitrogens with zero attached hydrogens (tertiary/aromatic N) is 3. The molecule has 134 valence electrons. The lowest BCUT2D eigenvalue weighted by Gasteiger charge is -2.20. The van der Waals surface area contributed by atoms with E-state index in [0.29, 0.717) is 12.8 Å². The molecule has 1 aliphatic rings.